The summed E-state index contributed by atoms with van der Waals surface area (Å²) in [5.41, 5.74) is 1.33. The first-order chi connectivity index (χ1) is 9.24. The highest BCUT2D eigenvalue weighted by Crippen LogP contribution is 2.24. The fourth-order valence-electron chi connectivity index (χ4n) is 1.72. The van der Waals surface area contributed by atoms with Gasteiger partial charge in [-0.25, -0.2) is 4.39 Å². The van der Waals surface area contributed by atoms with E-state index in [0.717, 1.165) is 11.3 Å². The number of hydrogen-bond donors (Lipinski definition) is 1. The summed E-state index contributed by atoms with van der Waals surface area (Å²) >= 11 is 0. The Bertz CT molecular complexity index is 538. The highest BCUT2D eigenvalue weighted by Gasteiger charge is 2.09. The van der Waals surface area contributed by atoms with Crippen molar-refractivity contribution >= 4 is 0 Å². The van der Waals surface area contributed by atoms with Crippen molar-refractivity contribution in [2.45, 2.75) is 13.2 Å². The van der Waals surface area contributed by atoms with E-state index in [2.05, 4.69) is 0 Å². The zero-order valence-corrected chi connectivity index (χ0v) is 10.6. The molecule has 0 aliphatic carbocycles. The van der Waals surface area contributed by atoms with Gasteiger partial charge in [0.1, 0.15) is 12.4 Å². The zero-order valence-electron chi connectivity index (χ0n) is 10.6. The topological polar surface area (TPSA) is 38.7 Å². The van der Waals surface area contributed by atoms with Crippen LogP contribution in [0.4, 0.5) is 4.39 Å². The van der Waals surface area contributed by atoms with Crippen LogP contribution in [0.2, 0.25) is 0 Å². The molecule has 0 fully saturated rings. The monoisotopic (exact) mass is 262 g/mol. The number of halogens is 1. The van der Waals surface area contributed by atoms with Crippen molar-refractivity contribution in [2.24, 2.45) is 0 Å². The quantitative estimate of drug-likeness (QED) is 0.900. The van der Waals surface area contributed by atoms with Crippen molar-refractivity contribution in [2.75, 3.05) is 7.11 Å². The highest BCUT2D eigenvalue weighted by atomic mass is 19.1. The molecule has 0 saturated heterocycles. The van der Waals surface area contributed by atoms with E-state index in [1.54, 1.807) is 19.2 Å². The van der Waals surface area contributed by atoms with E-state index >= 15 is 0 Å². The van der Waals surface area contributed by atoms with Gasteiger partial charge in [0.25, 0.3) is 0 Å². The molecule has 2 rings (SSSR count). The number of rotatable bonds is 5. The Kier molecular flexibility index (Phi) is 4.36. The van der Waals surface area contributed by atoms with Crippen molar-refractivity contribution < 1.29 is 19.0 Å². The number of ether oxygens (including phenoxy) is 2. The van der Waals surface area contributed by atoms with Gasteiger partial charge in [-0.15, -0.1) is 0 Å². The van der Waals surface area contributed by atoms with Gasteiger partial charge >= 0.3 is 0 Å². The fourth-order valence-corrected chi connectivity index (χ4v) is 1.72. The van der Waals surface area contributed by atoms with Gasteiger partial charge in [0.15, 0.2) is 11.6 Å². The molecule has 0 atom stereocenters. The third-order valence-corrected chi connectivity index (χ3v) is 2.76. The number of aliphatic hydroxyl groups is 1. The van der Waals surface area contributed by atoms with Gasteiger partial charge in [0.05, 0.1) is 13.7 Å². The van der Waals surface area contributed by atoms with E-state index in [1.165, 1.54) is 6.07 Å². The molecular weight excluding hydrogens is 247 g/mol. The number of benzene rings is 2. The molecule has 19 heavy (non-hydrogen) atoms. The molecular formula is C15H15FO3. The molecule has 4 heteroatoms. The van der Waals surface area contributed by atoms with E-state index in [9.17, 15) is 4.39 Å². The summed E-state index contributed by atoms with van der Waals surface area (Å²) in [6.07, 6.45) is 0. The van der Waals surface area contributed by atoms with Gasteiger partial charge < -0.3 is 14.6 Å². The second kappa shape index (κ2) is 6.20. The molecule has 0 spiro atoms. The first-order valence-corrected chi connectivity index (χ1v) is 5.88. The molecule has 0 aliphatic rings. The summed E-state index contributed by atoms with van der Waals surface area (Å²) < 4.78 is 24.1. The molecule has 3 nitrogen and oxygen atoms in total. The Morgan fingerprint density at radius 1 is 1.11 bits per heavy atom. The molecule has 0 aromatic heterocycles. The summed E-state index contributed by atoms with van der Waals surface area (Å²) in [5.74, 6) is 0.381. The van der Waals surface area contributed by atoms with Crippen LogP contribution in [0.25, 0.3) is 0 Å². The molecule has 0 radical (unpaired) electrons. The lowest BCUT2D eigenvalue weighted by Gasteiger charge is -2.11. The largest absolute Gasteiger partial charge is 0.497 e. The van der Waals surface area contributed by atoms with Crippen LogP contribution < -0.4 is 9.47 Å². The molecule has 0 unspecified atom stereocenters. The average molecular weight is 262 g/mol. The predicted molar refractivity (Wildman–Crippen MR) is 69.6 cm³/mol. The summed E-state index contributed by atoms with van der Waals surface area (Å²) in [6, 6.07) is 11.8. The van der Waals surface area contributed by atoms with E-state index in [1.807, 2.05) is 24.3 Å². The molecule has 0 heterocycles. The Labute approximate surface area is 111 Å². The fraction of sp³-hybridized carbons (Fsp3) is 0.200. The lowest BCUT2D eigenvalue weighted by atomic mass is 10.2. The molecule has 100 valence electrons. The maximum absolute atomic E-state index is 13.6. The minimum atomic E-state index is -0.472. The van der Waals surface area contributed by atoms with Gasteiger partial charge in [-0.2, -0.15) is 0 Å². The van der Waals surface area contributed by atoms with Gasteiger partial charge in [-0.05, 0) is 23.8 Å². The molecule has 1 N–H and O–H groups in total. The van der Waals surface area contributed by atoms with Crippen LogP contribution in [-0.2, 0) is 13.2 Å². The second-order valence-corrected chi connectivity index (χ2v) is 4.02. The lowest BCUT2D eigenvalue weighted by molar-refractivity contribution is 0.251. The smallest absolute Gasteiger partial charge is 0.165 e. The van der Waals surface area contributed by atoms with Gasteiger partial charge in [-0.1, -0.05) is 24.3 Å². The third-order valence-electron chi connectivity index (χ3n) is 2.76. The summed E-state index contributed by atoms with van der Waals surface area (Å²) in [5, 5.41) is 9.15. The van der Waals surface area contributed by atoms with Crippen LogP contribution in [0.1, 0.15) is 11.1 Å². The summed E-state index contributed by atoms with van der Waals surface area (Å²) in [7, 11) is 1.60. The minimum absolute atomic E-state index is 0.0980. The van der Waals surface area contributed by atoms with E-state index < -0.39 is 5.82 Å². The Morgan fingerprint density at radius 3 is 2.47 bits per heavy atom. The van der Waals surface area contributed by atoms with Crippen LogP contribution in [0.3, 0.4) is 0 Å². The van der Waals surface area contributed by atoms with Gasteiger partial charge in [0.2, 0.25) is 0 Å². The molecule has 2 aromatic rings. The van der Waals surface area contributed by atoms with Crippen molar-refractivity contribution in [1.82, 2.24) is 0 Å². The summed E-state index contributed by atoms with van der Waals surface area (Å²) in [6.45, 7) is -0.0202. The average Bonchev–Trinajstić information content (AvgIpc) is 2.46. The number of aliphatic hydroxyl groups excluding tert-OH is 1. The number of methoxy groups -OCH3 is 1. The van der Waals surface area contributed by atoms with Crippen molar-refractivity contribution in [3.63, 3.8) is 0 Å². The van der Waals surface area contributed by atoms with Crippen molar-refractivity contribution in [1.29, 1.82) is 0 Å². The van der Waals surface area contributed by atoms with E-state index in [-0.39, 0.29) is 19.0 Å². The maximum atomic E-state index is 13.6. The van der Waals surface area contributed by atoms with Crippen LogP contribution in [0, 0.1) is 5.82 Å². The Hall–Kier alpha value is -2.07. The molecule has 0 saturated carbocycles. The number of para-hydroxylation sites is 1. The maximum Gasteiger partial charge on any atom is 0.165 e. The standard InChI is InChI=1S/C15H15FO3/c1-18-13-7-5-11(6-8-13)10-19-15-12(9-17)3-2-4-14(15)16/h2-8,17H,9-10H2,1H3. The van der Waals surface area contributed by atoms with Crippen molar-refractivity contribution in [3.05, 3.63) is 59.4 Å². The normalized spacial score (nSPS) is 10.3. The summed E-state index contributed by atoms with van der Waals surface area (Å²) in [4.78, 5) is 0. The van der Waals surface area contributed by atoms with Crippen LogP contribution in [0.5, 0.6) is 11.5 Å². The van der Waals surface area contributed by atoms with Crippen LogP contribution in [0.15, 0.2) is 42.5 Å². The van der Waals surface area contributed by atoms with Gasteiger partial charge in [0, 0.05) is 5.56 Å². The SMILES string of the molecule is COc1ccc(COc2c(F)cccc2CO)cc1. The van der Waals surface area contributed by atoms with Crippen LogP contribution >= 0.6 is 0 Å². The van der Waals surface area contributed by atoms with E-state index in [4.69, 9.17) is 14.6 Å². The first kappa shape index (κ1) is 13.4. The predicted octanol–water partition coefficient (Wildman–Crippen LogP) is 2.91. The van der Waals surface area contributed by atoms with Crippen LogP contribution in [-0.4, -0.2) is 12.2 Å². The third kappa shape index (κ3) is 3.23. The lowest BCUT2D eigenvalue weighted by Crippen LogP contribution is -2.01. The van der Waals surface area contributed by atoms with Gasteiger partial charge in [-0.3, -0.25) is 0 Å². The number of hydrogen-bond acceptors (Lipinski definition) is 3. The zero-order chi connectivity index (χ0) is 13.7. The molecule has 0 aliphatic heterocycles. The molecule has 0 amide bonds. The Morgan fingerprint density at radius 2 is 1.84 bits per heavy atom. The van der Waals surface area contributed by atoms with E-state index in [0.29, 0.717) is 5.56 Å². The first-order valence-electron chi connectivity index (χ1n) is 5.88. The van der Waals surface area contributed by atoms with Crippen molar-refractivity contribution in [3.8, 4) is 11.5 Å². The minimum Gasteiger partial charge on any atom is -0.497 e. The Balaban J connectivity index is 2.09. The molecule has 0 bridgehead atoms. The highest BCUT2D eigenvalue weighted by molar-refractivity contribution is 5.35. The second-order valence-electron chi connectivity index (χ2n) is 4.02. The molecule has 2 aromatic carbocycles.